The third-order valence-corrected chi connectivity index (χ3v) is 2.88. The molecule has 0 spiro atoms. The van der Waals surface area contributed by atoms with Crippen molar-refractivity contribution in [3.8, 4) is 0 Å². The van der Waals surface area contributed by atoms with Crippen LogP contribution >= 0.6 is 15.9 Å². The van der Waals surface area contributed by atoms with Gasteiger partial charge >= 0.3 is 0 Å². The van der Waals surface area contributed by atoms with E-state index in [1.54, 1.807) is 0 Å². The Kier molecular flexibility index (Phi) is 3.57. The zero-order valence-corrected chi connectivity index (χ0v) is 10.7. The normalized spacial score (nSPS) is 10.1. The molecule has 2 aromatic rings. The molecule has 0 radical (unpaired) electrons. The average molecular weight is 277 g/mol. The van der Waals surface area contributed by atoms with Crippen LogP contribution in [0.1, 0.15) is 11.1 Å². The van der Waals surface area contributed by atoms with Crippen LogP contribution in [-0.2, 0) is 6.54 Å². The van der Waals surface area contributed by atoms with Crippen molar-refractivity contribution in [1.82, 2.24) is 4.98 Å². The molecule has 0 saturated heterocycles. The highest BCUT2D eigenvalue weighted by atomic mass is 79.9. The molecule has 0 amide bonds. The summed E-state index contributed by atoms with van der Waals surface area (Å²) >= 11 is 3.35. The van der Waals surface area contributed by atoms with E-state index in [4.69, 9.17) is 0 Å². The first kappa shape index (κ1) is 11.1. The van der Waals surface area contributed by atoms with E-state index in [1.165, 1.54) is 11.1 Å². The van der Waals surface area contributed by atoms with E-state index in [2.05, 4.69) is 57.4 Å². The Balaban J connectivity index is 2.05. The summed E-state index contributed by atoms with van der Waals surface area (Å²) in [7, 11) is 0. The van der Waals surface area contributed by atoms with Crippen LogP contribution < -0.4 is 5.32 Å². The molecule has 0 fully saturated rings. The summed E-state index contributed by atoms with van der Waals surface area (Å²) < 4.78 is 0.849. The number of aryl methyl sites for hydroxylation is 1. The fourth-order valence-electron chi connectivity index (χ4n) is 1.50. The number of hydrogen-bond donors (Lipinski definition) is 1. The molecule has 0 aliphatic carbocycles. The fraction of sp³-hybridized carbons (Fsp3) is 0.154. The Morgan fingerprint density at radius 2 is 1.94 bits per heavy atom. The van der Waals surface area contributed by atoms with Crippen LogP contribution in [0.15, 0.2) is 47.1 Å². The lowest BCUT2D eigenvalue weighted by atomic mass is 10.1. The second-order valence-electron chi connectivity index (χ2n) is 3.63. The van der Waals surface area contributed by atoms with Crippen LogP contribution in [0.3, 0.4) is 0 Å². The lowest BCUT2D eigenvalue weighted by Gasteiger charge is -2.08. The Labute approximate surface area is 104 Å². The number of halogens is 1. The lowest BCUT2D eigenvalue weighted by molar-refractivity contribution is 1.08. The minimum absolute atomic E-state index is 0.802. The van der Waals surface area contributed by atoms with Crippen LogP contribution in [0.4, 0.5) is 5.82 Å². The van der Waals surface area contributed by atoms with Gasteiger partial charge in [0.2, 0.25) is 0 Å². The number of nitrogens with zero attached hydrogens (tertiary/aromatic N) is 1. The van der Waals surface area contributed by atoms with E-state index in [0.717, 1.165) is 17.0 Å². The monoisotopic (exact) mass is 276 g/mol. The highest BCUT2D eigenvalue weighted by Gasteiger charge is 1.98. The van der Waals surface area contributed by atoms with E-state index in [0.29, 0.717) is 0 Å². The largest absolute Gasteiger partial charge is 0.366 e. The number of anilines is 1. The van der Waals surface area contributed by atoms with Gasteiger partial charge in [-0.3, -0.25) is 0 Å². The summed E-state index contributed by atoms with van der Waals surface area (Å²) in [5.41, 5.74) is 2.59. The van der Waals surface area contributed by atoms with Gasteiger partial charge in [0.25, 0.3) is 0 Å². The second-order valence-corrected chi connectivity index (χ2v) is 4.44. The summed E-state index contributed by atoms with van der Waals surface area (Å²) in [6, 6.07) is 14.2. The Hall–Kier alpha value is -1.35. The number of nitrogens with one attached hydrogen (secondary N) is 1. The zero-order chi connectivity index (χ0) is 11.4. The molecule has 2 rings (SSSR count). The minimum Gasteiger partial charge on any atom is -0.366 e. The molecule has 82 valence electrons. The van der Waals surface area contributed by atoms with Gasteiger partial charge in [0.15, 0.2) is 0 Å². The van der Waals surface area contributed by atoms with Crippen molar-refractivity contribution in [3.63, 3.8) is 0 Å². The molecular formula is C13H13BrN2. The summed E-state index contributed by atoms with van der Waals surface area (Å²) in [6.07, 6.45) is 0. The number of benzene rings is 1. The molecule has 0 aliphatic rings. The quantitative estimate of drug-likeness (QED) is 0.864. The summed E-state index contributed by atoms with van der Waals surface area (Å²) in [4.78, 5) is 4.32. The summed E-state index contributed by atoms with van der Waals surface area (Å²) in [5, 5.41) is 3.30. The van der Waals surface area contributed by atoms with Crippen LogP contribution in [0.2, 0.25) is 0 Å². The lowest BCUT2D eigenvalue weighted by Crippen LogP contribution is -2.02. The second kappa shape index (κ2) is 5.12. The molecule has 0 saturated carbocycles. The maximum atomic E-state index is 4.32. The molecule has 1 aromatic carbocycles. The van der Waals surface area contributed by atoms with Crippen LogP contribution in [0.5, 0.6) is 0 Å². The van der Waals surface area contributed by atoms with Gasteiger partial charge in [-0.05, 0) is 46.1 Å². The van der Waals surface area contributed by atoms with Crippen molar-refractivity contribution >= 4 is 21.7 Å². The van der Waals surface area contributed by atoms with Crippen LogP contribution in [0, 0.1) is 6.92 Å². The molecule has 0 atom stereocenters. The van der Waals surface area contributed by atoms with Crippen molar-refractivity contribution < 1.29 is 0 Å². The Bertz CT molecular complexity index is 483. The number of hydrogen-bond acceptors (Lipinski definition) is 2. The topological polar surface area (TPSA) is 24.9 Å². The number of rotatable bonds is 3. The average Bonchev–Trinajstić information content (AvgIpc) is 2.28. The van der Waals surface area contributed by atoms with Gasteiger partial charge in [0, 0.05) is 6.54 Å². The van der Waals surface area contributed by atoms with Crippen molar-refractivity contribution in [2.24, 2.45) is 0 Å². The van der Waals surface area contributed by atoms with Gasteiger partial charge in [-0.25, -0.2) is 4.98 Å². The van der Waals surface area contributed by atoms with Crippen molar-refractivity contribution in [3.05, 3.63) is 58.2 Å². The smallest absolute Gasteiger partial charge is 0.127 e. The zero-order valence-electron chi connectivity index (χ0n) is 9.07. The van der Waals surface area contributed by atoms with E-state index in [1.807, 2.05) is 18.2 Å². The Morgan fingerprint density at radius 3 is 2.69 bits per heavy atom. The predicted molar refractivity (Wildman–Crippen MR) is 70.4 cm³/mol. The maximum absolute atomic E-state index is 4.32. The SMILES string of the molecule is Cc1ccccc1CNc1cccc(Br)n1. The molecule has 0 aliphatic heterocycles. The predicted octanol–water partition coefficient (Wildman–Crippen LogP) is 3.76. The highest BCUT2D eigenvalue weighted by molar-refractivity contribution is 9.10. The highest BCUT2D eigenvalue weighted by Crippen LogP contribution is 2.13. The van der Waals surface area contributed by atoms with Gasteiger partial charge < -0.3 is 5.32 Å². The first-order chi connectivity index (χ1) is 7.75. The van der Waals surface area contributed by atoms with E-state index < -0.39 is 0 Å². The van der Waals surface area contributed by atoms with Gasteiger partial charge in [0.1, 0.15) is 10.4 Å². The fourth-order valence-corrected chi connectivity index (χ4v) is 1.84. The molecule has 1 heterocycles. The minimum atomic E-state index is 0.802. The first-order valence-corrected chi connectivity index (χ1v) is 5.96. The number of pyridine rings is 1. The van der Waals surface area contributed by atoms with Crippen molar-refractivity contribution in [1.29, 1.82) is 0 Å². The van der Waals surface area contributed by atoms with Gasteiger partial charge in [0.05, 0.1) is 0 Å². The first-order valence-electron chi connectivity index (χ1n) is 5.16. The van der Waals surface area contributed by atoms with E-state index in [9.17, 15) is 0 Å². The molecule has 1 aromatic heterocycles. The number of aromatic nitrogens is 1. The maximum Gasteiger partial charge on any atom is 0.127 e. The van der Waals surface area contributed by atoms with Gasteiger partial charge in [-0.1, -0.05) is 30.3 Å². The van der Waals surface area contributed by atoms with Crippen LogP contribution in [-0.4, -0.2) is 4.98 Å². The van der Waals surface area contributed by atoms with Gasteiger partial charge in [-0.2, -0.15) is 0 Å². The molecule has 16 heavy (non-hydrogen) atoms. The molecular weight excluding hydrogens is 264 g/mol. The molecule has 0 unspecified atom stereocenters. The molecule has 0 bridgehead atoms. The van der Waals surface area contributed by atoms with Gasteiger partial charge in [-0.15, -0.1) is 0 Å². The van der Waals surface area contributed by atoms with E-state index in [-0.39, 0.29) is 0 Å². The molecule has 3 heteroatoms. The summed E-state index contributed by atoms with van der Waals surface area (Å²) in [5.74, 6) is 0.887. The third-order valence-electron chi connectivity index (χ3n) is 2.44. The van der Waals surface area contributed by atoms with Crippen molar-refractivity contribution in [2.45, 2.75) is 13.5 Å². The van der Waals surface area contributed by atoms with E-state index >= 15 is 0 Å². The Morgan fingerprint density at radius 1 is 1.12 bits per heavy atom. The standard InChI is InChI=1S/C13H13BrN2/c1-10-5-2-3-6-11(10)9-15-13-8-4-7-12(14)16-13/h2-8H,9H2,1H3,(H,15,16). The molecule has 1 N–H and O–H groups in total. The molecule has 2 nitrogen and oxygen atoms in total. The summed E-state index contributed by atoms with van der Waals surface area (Å²) in [6.45, 7) is 2.92. The van der Waals surface area contributed by atoms with Crippen LogP contribution in [0.25, 0.3) is 0 Å². The van der Waals surface area contributed by atoms with Crippen molar-refractivity contribution in [2.75, 3.05) is 5.32 Å². The third kappa shape index (κ3) is 2.83.